The molecule has 0 aliphatic carbocycles. The zero-order valence-electron chi connectivity index (χ0n) is 7.78. The summed E-state index contributed by atoms with van der Waals surface area (Å²) in [6, 6.07) is 6.42. The van der Waals surface area contributed by atoms with Crippen LogP contribution in [0.1, 0.15) is 5.56 Å². The van der Waals surface area contributed by atoms with Gasteiger partial charge in [-0.3, -0.25) is 0 Å². The quantitative estimate of drug-likeness (QED) is 0.583. The SMILES string of the molecule is C=NN(Cc1ccccc1F)C(=C)N. The van der Waals surface area contributed by atoms with Gasteiger partial charge in [-0.15, -0.1) is 0 Å². The van der Waals surface area contributed by atoms with E-state index in [1.165, 1.54) is 11.1 Å². The lowest BCUT2D eigenvalue weighted by Crippen LogP contribution is -2.21. The van der Waals surface area contributed by atoms with Gasteiger partial charge in [0.2, 0.25) is 0 Å². The lowest BCUT2D eigenvalue weighted by Gasteiger charge is -2.17. The second-order valence-corrected chi connectivity index (χ2v) is 2.78. The van der Waals surface area contributed by atoms with Crippen molar-refractivity contribution in [2.75, 3.05) is 0 Å². The average molecular weight is 193 g/mol. The first-order chi connectivity index (χ1) is 6.65. The maximum absolute atomic E-state index is 13.2. The molecule has 14 heavy (non-hydrogen) atoms. The van der Waals surface area contributed by atoms with Gasteiger partial charge in [0.25, 0.3) is 0 Å². The summed E-state index contributed by atoms with van der Waals surface area (Å²) in [5.74, 6) is -0.0503. The average Bonchev–Trinajstić information content (AvgIpc) is 2.16. The maximum Gasteiger partial charge on any atom is 0.128 e. The Balaban J connectivity index is 2.82. The Hall–Kier alpha value is -1.84. The molecule has 0 heterocycles. The summed E-state index contributed by atoms with van der Waals surface area (Å²) in [6.45, 7) is 7.06. The first-order valence-electron chi connectivity index (χ1n) is 4.07. The van der Waals surface area contributed by atoms with E-state index < -0.39 is 0 Å². The third kappa shape index (κ3) is 2.32. The highest BCUT2D eigenvalue weighted by Crippen LogP contribution is 2.11. The number of nitrogens with zero attached hydrogens (tertiary/aromatic N) is 2. The minimum atomic E-state index is -0.289. The predicted octanol–water partition coefficient (Wildman–Crippen LogP) is 1.67. The smallest absolute Gasteiger partial charge is 0.128 e. The highest BCUT2D eigenvalue weighted by Gasteiger charge is 2.06. The fourth-order valence-corrected chi connectivity index (χ4v) is 1.03. The van der Waals surface area contributed by atoms with Gasteiger partial charge in [0.05, 0.1) is 6.54 Å². The lowest BCUT2D eigenvalue weighted by atomic mass is 10.2. The van der Waals surface area contributed by atoms with Crippen molar-refractivity contribution in [1.29, 1.82) is 0 Å². The first-order valence-corrected chi connectivity index (χ1v) is 4.07. The molecule has 0 radical (unpaired) electrons. The topological polar surface area (TPSA) is 41.6 Å². The van der Waals surface area contributed by atoms with Crippen LogP contribution in [-0.2, 0) is 6.54 Å². The summed E-state index contributed by atoms with van der Waals surface area (Å²) in [5.41, 5.74) is 5.93. The van der Waals surface area contributed by atoms with E-state index in [2.05, 4.69) is 18.4 Å². The molecular weight excluding hydrogens is 181 g/mol. The summed E-state index contributed by atoms with van der Waals surface area (Å²) in [7, 11) is 0. The van der Waals surface area contributed by atoms with E-state index in [9.17, 15) is 4.39 Å². The third-order valence-corrected chi connectivity index (χ3v) is 1.78. The van der Waals surface area contributed by atoms with Gasteiger partial charge in [-0.25, -0.2) is 9.40 Å². The van der Waals surface area contributed by atoms with E-state index >= 15 is 0 Å². The van der Waals surface area contributed by atoms with Crippen molar-refractivity contribution >= 4 is 6.72 Å². The maximum atomic E-state index is 13.2. The van der Waals surface area contributed by atoms with Crippen molar-refractivity contribution < 1.29 is 4.39 Å². The molecule has 0 fully saturated rings. The van der Waals surface area contributed by atoms with Crippen molar-refractivity contribution in [3.05, 3.63) is 48.0 Å². The molecule has 1 rings (SSSR count). The van der Waals surface area contributed by atoms with Crippen molar-refractivity contribution in [3.63, 3.8) is 0 Å². The molecule has 0 aliphatic rings. The van der Waals surface area contributed by atoms with Crippen LogP contribution in [0.2, 0.25) is 0 Å². The molecular formula is C10H12FN3. The molecule has 0 aliphatic heterocycles. The number of hydrogen-bond donors (Lipinski definition) is 1. The van der Waals surface area contributed by atoms with E-state index in [1.54, 1.807) is 18.2 Å². The van der Waals surface area contributed by atoms with Crippen LogP contribution < -0.4 is 5.73 Å². The molecule has 0 atom stereocenters. The molecule has 0 unspecified atom stereocenters. The molecule has 0 amide bonds. The summed E-state index contributed by atoms with van der Waals surface area (Å²) >= 11 is 0. The molecule has 0 aromatic heterocycles. The van der Waals surface area contributed by atoms with Gasteiger partial charge in [-0.1, -0.05) is 24.8 Å². The fraction of sp³-hybridized carbons (Fsp3) is 0.100. The lowest BCUT2D eigenvalue weighted by molar-refractivity contribution is 0.350. The number of hydrazone groups is 1. The molecule has 0 saturated heterocycles. The van der Waals surface area contributed by atoms with Gasteiger partial charge in [0, 0.05) is 12.3 Å². The van der Waals surface area contributed by atoms with Crippen LogP contribution in [0.3, 0.4) is 0 Å². The zero-order valence-corrected chi connectivity index (χ0v) is 7.78. The van der Waals surface area contributed by atoms with Crippen molar-refractivity contribution in [2.24, 2.45) is 10.8 Å². The molecule has 1 aromatic carbocycles. The van der Waals surface area contributed by atoms with Gasteiger partial charge in [0.1, 0.15) is 11.6 Å². The number of benzene rings is 1. The molecule has 0 saturated carbocycles. The van der Waals surface area contributed by atoms with Crippen LogP contribution in [0.25, 0.3) is 0 Å². The molecule has 0 bridgehead atoms. The van der Waals surface area contributed by atoms with Gasteiger partial charge >= 0.3 is 0 Å². The Bertz CT molecular complexity index is 349. The fourth-order valence-electron chi connectivity index (χ4n) is 1.03. The predicted molar refractivity (Wildman–Crippen MR) is 54.8 cm³/mol. The van der Waals surface area contributed by atoms with E-state index in [0.717, 1.165) is 0 Å². The molecule has 2 N–H and O–H groups in total. The third-order valence-electron chi connectivity index (χ3n) is 1.78. The number of hydrogen-bond acceptors (Lipinski definition) is 3. The van der Waals surface area contributed by atoms with E-state index in [0.29, 0.717) is 5.56 Å². The Kier molecular flexibility index (Phi) is 3.23. The minimum absolute atomic E-state index is 0.239. The van der Waals surface area contributed by atoms with Gasteiger partial charge in [0.15, 0.2) is 0 Å². The van der Waals surface area contributed by atoms with Crippen LogP contribution in [-0.4, -0.2) is 11.7 Å². The van der Waals surface area contributed by atoms with Crippen molar-refractivity contribution in [3.8, 4) is 0 Å². The Morgan fingerprint density at radius 3 is 2.64 bits per heavy atom. The van der Waals surface area contributed by atoms with E-state index in [1.807, 2.05) is 0 Å². The second-order valence-electron chi connectivity index (χ2n) is 2.78. The van der Waals surface area contributed by atoms with Crippen molar-refractivity contribution in [2.45, 2.75) is 6.54 Å². The van der Waals surface area contributed by atoms with E-state index in [4.69, 9.17) is 5.73 Å². The van der Waals surface area contributed by atoms with Crippen LogP contribution >= 0.6 is 0 Å². The molecule has 1 aromatic rings. The highest BCUT2D eigenvalue weighted by atomic mass is 19.1. The van der Waals surface area contributed by atoms with Crippen molar-refractivity contribution in [1.82, 2.24) is 5.01 Å². The molecule has 0 spiro atoms. The number of rotatable bonds is 4. The second kappa shape index (κ2) is 4.41. The Morgan fingerprint density at radius 2 is 2.14 bits per heavy atom. The Morgan fingerprint density at radius 1 is 1.50 bits per heavy atom. The largest absolute Gasteiger partial charge is 0.384 e. The zero-order chi connectivity index (χ0) is 10.6. The molecule has 74 valence electrons. The summed E-state index contributed by atoms with van der Waals surface area (Å²) < 4.78 is 13.2. The monoisotopic (exact) mass is 193 g/mol. The standard InChI is InChI=1S/C10H12FN3/c1-8(12)14(13-2)7-9-5-3-4-6-10(9)11/h3-6H,1-2,7,12H2. The van der Waals surface area contributed by atoms with Crippen LogP contribution in [0.5, 0.6) is 0 Å². The summed E-state index contributed by atoms with van der Waals surface area (Å²) in [5, 5.41) is 4.95. The van der Waals surface area contributed by atoms with Gasteiger partial charge in [-0.2, -0.15) is 5.10 Å². The Labute approximate surface area is 82.3 Å². The van der Waals surface area contributed by atoms with Gasteiger partial charge in [-0.05, 0) is 6.07 Å². The normalized spacial score (nSPS) is 9.50. The molecule has 3 nitrogen and oxygen atoms in total. The molecule has 4 heteroatoms. The van der Waals surface area contributed by atoms with Crippen LogP contribution in [0.4, 0.5) is 4.39 Å². The minimum Gasteiger partial charge on any atom is -0.384 e. The van der Waals surface area contributed by atoms with Crippen LogP contribution in [0, 0.1) is 5.82 Å². The summed E-state index contributed by atoms with van der Waals surface area (Å²) in [4.78, 5) is 0. The summed E-state index contributed by atoms with van der Waals surface area (Å²) in [6.07, 6.45) is 0. The number of halogens is 1. The number of nitrogens with two attached hydrogens (primary N) is 1. The highest BCUT2D eigenvalue weighted by molar-refractivity contribution is 5.24. The van der Waals surface area contributed by atoms with Crippen LogP contribution in [0.15, 0.2) is 41.8 Å². The van der Waals surface area contributed by atoms with Gasteiger partial charge < -0.3 is 5.73 Å². The van der Waals surface area contributed by atoms with E-state index in [-0.39, 0.29) is 18.2 Å². The first kappa shape index (κ1) is 10.2.